The fourth-order valence-corrected chi connectivity index (χ4v) is 10.6. The largest absolute Gasteiger partial charge is 0.268 e. The quantitative estimate of drug-likeness (QED) is 0.131. The van der Waals surface area contributed by atoms with E-state index in [2.05, 4.69) is 0 Å². The first-order valence-corrected chi connectivity index (χ1v) is 19.9. The maximum atomic E-state index is 14.3. The molecule has 0 N–H and O–H groups in total. The van der Waals surface area contributed by atoms with Crippen LogP contribution in [0.5, 0.6) is 0 Å². The lowest BCUT2D eigenvalue weighted by molar-refractivity contribution is 0.0925. The lowest BCUT2D eigenvalue weighted by atomic mass is 9.72. The standard InChI is InChI=1S/C42H27F2NO6S2/c43-26-8-12-29(13-9-26)52(48,49)31-16-20-33-24(22-31)6-18-35-37(33)38-34-21-17-32(53(50,51)30-14-10-27(44)11-15-30)23-25(34)7-19-36(38)40-39(35)41(46)45(42(40)47)28-4-2-1-3-5-28/h1-5,8-17,20-23H,6-7,18-19H2. The maximum Gasteiger partial charge on any atom is 0.266 e. The summed E-state index contributed by atoms with van der Waals surface area (Å²) in [6.07, 6.45) is 1.45. The molecule has 2 aliphatic carbocycles. The fourth-order valence-electron chi connectivity index (χ4n) is 7.94. The lowest BCUT2D eigenvalue weighted by Gasteiger charge is -2.31. The van der Waals surface area contributed by atoms with Crippen molar-refractivity contribution in [1.82, 2.24) is 0 Å². The minimum atomic E-state index is -3.99. The summed E-state index contributed by atoms with van der Waals surface area (Å²) in [5.41, 5.74) is 6.73. The molecule has 0 saturated carbocycles. The van der Waals surface area contributed by atoms with Crippen LogP contribution in [0.15, 0.2) is 135 Å². The Morgan fingerprint density at radius 1 is 0.453 bits per heavy atom. The number of carbonyl (C=O) groups excluding carboxylic acids is 2. The highest BCUT2D eigenvalue weighted by Crippen LogP contribution is 2.51. The molecule has 0 spiro atoms. The van der Waals surface area contributed by atoms with Gasteiger partial charge in [0.1, 0.15) is 11.6 Å². The van der Waals surface area contributed by atoms with Gasteiger partial charge in [-0.25, -0.2) is 30.5 Å². The van der Waals surface area contributed by atoms with Gasteiger partial charge in [0.05, 0.1) is 36.4 Å². The molecule has 6 aromatic carbocycles. The van der Waals surface area contributed by atoms with E-state index in [0.717, 1.165) is 35.4 Å². The number of fused-ring (bicyclic) bond motifs is 10. The van der Waals surface area contributed by atoms with Gasteiger partial charge in [-0.15, -0.1) is 0 Å². The Kier molecular flexibility index (Phi) is 7.41. The van der Waals surface area contributed by atoms with E-state index in [4.69, 9.17) is 0 Å². The molecule has 2 amide bonds. The third-order valence-corrected chi connectivity index (χ3v) is 13.9. The first kappa shape index (κ1) is 33.1. The molecule has 1 heterocycles. The summed E-state index contributed by atoms with van der Waals surface area (Å²) in [4.78, 5) is 29.8. The maximum absolute atomic E-state index is 14.3. The SMILES string of the molecule is O=C1c2c3c(c4c(c2C(=O)N1c1ccccc1)CCc1cc(S(=O)(=O)c2ccc(F)cc2)ccc1-4)-c1ccc(S(=O)(=O)c2ccc(F)cc2)cc1CC3. The number of hydrogen-bond acceptors (Lipinski definition) is 6. The van der Waals surface area contributed by atoms with E-state index >= 15 is 0 Å². The number of amides is 2. The van der Waals surface area contributed by atoms with Crippen LogP contribution in [0.25, 0.3) is 22.3 Å². The molecule has 0 aromatic heterocycles. The fraction of sp³-hybridized carbons (Fsp3) is 0.0952. The second-order valence-electron chi connectivity index (χ2n) is 13.3. The van der Waals surface area contributed by atoms with Crippen LogP contribution in [0.4, 0.5) is 14.5 Å². The molecule has 6 aromatic rings. The molecule has 7 nitrogen and oxygen atoms in total. The summed E-state index contributed by atoms with van der Waals surface area (Å²) in [6, 6.07) is 27.7. The van der Waals surface area contributed by atoms with E-state index < -0.39 is 43.1 Å². The molecule has 262 valence electrons. The number of sulfone groups is 2. The third-order valence-electron chi connectivity index (χ3n) is 10.4. The van der Waals surface area contributed by atoms with Crippen LogP contribution >= 0.6 is 0 Å². The van der Waals surface area contributed by atoms with Crippen molar-refractivity contribution in [1.29, 1.82) is 0 Å². The van der Waals surface area contributed by atoms with Gasteiger partial charge in [0, 0.05) is 0 Å². The number of carbonyl (C=O) groups is 2. The number of benzene rings is 6. The Hall–Kier alpha value is -5.78. The van der Waals surface area contributed by atoms with E-state index in [-0.39, 0.29) is 19.6 Å². The van der Waals surface area contributed by atoms with Crippen LogP contribution in [-0.2, 0) is 45.4 Å². The van der Waals surface area contributed by atoms with Gasteiger partial charge in [0.2, 0.25) is 19.7 Å². The average molecular weight is 744 g/mol. The average Bonchev–Trinajstić information content (AvgIpc) is 3.43. The molecule has 53 heavy (non-hydrogen) atoms. The van der Waals surface area contributed by atoms with Crippen LogP contribution < -0.4 is 4.90 Å². The van der Waals surface area contributed by atoms with Gasteiger partial charge in [-0.05, 0) is 155 Å². The zero-order chi connectivity index (χ0) is 36.8. The molecule has 1 aliphatic heterocycles. The Bertz CT molecular complexity index is 2630. The van der Waals surface area contributed by atoms with Gasteiger partial charge in [0.15, 0.2) is 0 Å². The number of rotatable bonds is 5. The van der Waals surface area contributed by atoms with Crippen molar-refractivity contribution in [3.05, 3.63) is 160 Å². The summed E-state index contributed by atoms with van der Waals surface area (Å²) in [5.74, 6) is -1.97. The zero-order valence-corrected chi connectivity index (χ0v) is 29.4. The molecule has 0 radical (unpaired) electrons. The molecule has 9 rings (SSSR count). The number of halogens is 2. The van der Waals surface area contributed by atoms with E-state index in [1.165, 1.54) is 41.3 Å². The number of imide groups is 1. The highest BCUT2D eigenvalue weighted by molar-refractivity contribution is 7.91. The molecular weight excluding hydrogens is 717 g/mol. The second-order valence-corrected chi connectivity index (χ2v) is 17.2. The van der Waals surface area contributed by atoms with Gasteiger partial charge in [-0.1, -0.05) is 30.3 Å². The van der Waals surface area contributed by atoms with Crippen LogP contribution in [-0.4, -0.2) is 28.6 Å². The molecule has 11 heteroatoms. The Balaban J connectivity index is 1.26. The van der Waals surface area contributed by atoms with E-state index in [1.54, 1.807) is 54.6 Å². The van der Waals surface area contributed by atoms with Crippen molar-refractivity contribution >= 4 is 37.2 Å². The normalized spacial score (nSPS) is 14.6. The number of para-hydroxylation sites is 1. The highest BCUT2D eigenvalue weighted by atomic mass is 32.2. The minimum absolute atomic E-state index is 0.0406. The summed E-state index contributed by atoms with van der Waals surface area (Å²) >= 11 is 0. The van der Waals surface area contributed by atoms with Crippen LogP contribution in [0, 0.1) is 11.6 Å². The van der Waals surface area contributed by atoms with Crippen molar-refractivity contribution < 1.29 is 35.2 Å². The number of hydrogen-bond donors (Lipinski definition) is 0. The number of nitrogens with zero attached hydrogens (tertiary/aromatic N) is 1. The lowest BCUT2D eigenvalue weighted by Crippen LogP contribution is -2.29. The molecule has 0 saturated heterocycles. The monoisotopic (exact) mass is 743 g/mol. The van der Waals surface area contributed by atoms with Crippen molar-refractivity contribution in [2.45, 2.75) is 45.3 Å². The van der Waals surface area contributed by atoms with Crippen molar-refractivity contribution in [2.75, 3.05) is 4.90 Å². The second kappa shape index (κ2) is 11.9. The van der Waals surface area contributed by atoms with Gasteiger partial charge in [0.25, 0.3) is 11.8 Å². The van der Waals surface area contributed by atoms with Crippen LogP contribution in [0.3, 0.4) is 0 Å². The Morgan fingerprint density at radius 3 is 1.26 bits per heavy atom. The summed E-state index contributed by atoms with van der Waals surface area (Å²) in [7, 11) is -7.98. The van der Waals surface area contributed by atoms with E-state index in [1.807, 2.05) is 0 Å². The predicted octanol–water partition coefficient (Wildman–Crippen LogP) is 7.96. The molecule has 0 atom stereocenters. The van der Waals surface area contributed by atoms with Gasteiger partial charge >= 0.3 is 0 Å². The topological polar surface area (TPSA) is 106 Å². The van der Waals surface area contributed by atoms with E-state index in [9.17, 15) is 35.2 Å². The van der Waals surface area contributed by atoms with Crippen LogP contribution in [0.1, 0.15) is 43.0 Å². The van der Waals surface area contributed by atoms with Gasteiger partial charge in [-0.3, -0.25) is 9.59 Å². The minimum Gasteiger partial charge on any atom is -0.268 e. The van der Waals surface area contributed by atoms with Crippen molar-refractivity contribution in [3.8, 4) is 22.3 Å². The van der Waals surface area contributed by atoms with Crippen molar-refractivity contribution in [2.24, 2.45) is 0 Å². The predicted molar refractivity (Wildman–Crippen MR) is 193 cm³/mol. The van der Waals surface area contributed by atoms with E-state index in [0.29, 0.717) is 75.9 Å². The Labute approximate surface area is 304 Å². The molecular formula is C42H27F2NO6S2. The van der Waals surface area contributed by atoms with Crippen molar-refractivity contribution in [3.63, 3.8) is 0 Å². The third kappa shape index (κ3) is 5.02. The molecule has 0 bridgehead atoms. The Morgan fingerprint density at radius 2 is 0.849 bits per heavy atom. The zero-order valence-electron chi connectivity index (χ0n) is 27.8. The number of anilines is 1. The smallest absolute Gasteiger partial charge is 0.266 e. The van der Waals surface area contributed by atoms with Gasteiger partial charge < -0.3 is 0 Å². The number of aryl methyl sites for hydroxylation is 2. The highest BCUT2D eigenvalue weighted by Gasteiger charge is 2.45. The molecule has 0 fully saturated rings. The first-order valence-electron chi connectivity index (χ1n) is 16.9. The van der Waals surface area contributed by atoms with Gasteiger partial charge in [-0.2, -0.15) is 0 Å². The molecule has 3 aliphatic rings. The summed E-state index contributed by atoms with van der Waals surface area (Å²) < 4.78 is 81.8. The summed E-state index contributed by atoms with van der Waals surface area (Å²) in [5, 5.41) is 0. The molecule has 0 unspecified atom stereocenters. The summed E-state index contributed by atoms with van der Waals surface area (Å²) in [6.45, 7) is 0. The first-order chi connectivity index (χ1) is 25.4. The van der Waals surface area contributed by atoms with Crippen LogP contribution in [0.2, 0.25) is 0 Å².